The van der Waals surface area contributed by atoms with Gasteiger partial charge in [-0.3, -0.25) is 10.9 Å². The highest BCUT2D eigenvalue weighted by Crippen LogP contribution is 1.99. The summed E-state index contributed by atoms with van der Waals surface area (Å²) in [6.45, 7) is 3.33. The molecule has 2 aliphatic heterocycles. The van der Waals surface area contributed by atoms with Gasteiger partial charge in [-0.05, 0) is 12.8 Å². The molecule has 2 heterocycles. The van der Waals surface area contributed by atoms with Gasteiger partial charge in [-0.15, -0.1) is 0 Å². The number of nitrogens with one attached hydrogen (secondary N) is 2. The lowest BCUT2D eigenvalue weighted by Gasteiger charge is -2.28. The molecule has 0 saturated carbocycles. The summed E-state index contributed by atoms with van der Waals surface area (Å²) >= 11 is 0. The Balaban J connectivity index is 1.71. The SMILES string of the molecule is O=C(NN1CC=CCC1)NN1CC=CCC1. The van der Waals surface area contributed by atoms with Crippen molar-refractivity contribution in [2.75, 3.05) is 26.2 Å². The second-order valence-corrected chi connectivity index (χ2v) is 3.96. The third kappa shape index (κ3) is 3.36. The minimum Gasteiger partial charge on any atom is -0.269 e. The molecule has 0 fully saturated rings. The molecule has 0 aromatic rings. The molecule has 0 radical (unpaired) electrons. The van der Waals surface area contributed by atoms with Gasteiger partial charge in [0.2, 0.25) is 0 Å². The van der Waals surface area contributed by atoms with Crippen LogP contribution in [0.25, 0.3) is 0 Å². The van der Waals surface area contributed by atoms with Gasteiger partial charge < -0.3 is 0 Å². The third-order valence-corrected chi connectivity index (χ3v) is 2.64. The van der Waals surface area contributed by atoms with Gasteiger partial charge in [-0.2, -0.15) is 0 Å². The van der Waals surface area contributed by atoms with E-state index in [4.69, 9.17) is 0 Å². The van der Waals surface area contributed by atoms with E-state index in [1.165, 1.54) is 0 Å². The molecule has 2 amide bonds. The Morgan fingerprint density at radius 1 is 0.875 bits per heavy atom. The van der Waals surface area contributed by atoms with Crippen molar-refractivity contribution in [1.82, 2.24) is 20.9 Å². The summed E-state index contributed by atoms with van der Waals surface area (Å²) < 4.78 is 0. The van der Waals surface area contributed by atoms with Crippen molar-refractivity contribution in [3.05, 3.63) is 24.3 Å². The molecule has 0 bridgehead atoms. The minimum atomic E-state index is -0.148. The second kappa shape index (κ2) is 5.67. The molecule has 0 aromatic carbocycles. The molecule has 2 N–H and O–H groups in total. The van der Waals surface area contributed by atoms with E-state index in [2.05, 4.69) is 35.2 Å². The number of nitrogens with zero attached hydrogens (tertiary/aromatic N) is 2. The van der Waals surface area contributed by atoms with Crippen molar-refractivity contribution in [3.63, 3.8) is 0 Å². The number of urea groups is 1. The van der Waals surface area contributed by atoms with Gasteiger partial charge in [0, 0.05) is 26.2 Å². The zero-order valence-electron chi connectivity index (χ0n) is 9.35. The average molecular weight is 222 g/mol. The maximum Gasteiger partial charge on any atom is 0.343 e. The molecule has 5 heteroatoms. The van der Waals surface area contributed by atoms with Crippen molar-refractivity contribution in [1.29, 1.82) is 0 Å². The van der Waals surface area contributed by atoms with Crippen molar-refractivity contribution in [2.45, 2.75) is 12.8 Å². The summed E-state index contributed by atoms with van der Waals surface area (Å²) in [5, 5.41) is 3.82. The summed E-state index contributed by atoms with van der Waals surface area (Å²) in [6, 6.07) is -0.148. The van der Waals surface area contributed by atoms with Crippen LogP contribution in [0.3, 0.4) is 0 Å². The maximum absolute atomic E-state index is 11.6. The molecule has 16 heavy (non-hydrogen) atoms. The molecule has 0 unspecified atom stereocenters. The summed E-state index contributed by atoms with van der Waals surface area (Å²) in [5.74, 6) is 0. The van der Waals surface area contributed by atoms with E-state index < -0.39 is 0 Å². The first kappa shape index (κ1) is 11.2. The topological polar surface area (TPSA) is 47.6 Å². The fraction of sp³-hybridized carbons (Fsp3) is 0.545. The molecule has 2 aliphatic rings. The predicted octanol–water partition coefficient (Wildman–Crippen LogP) is 0.639. The van der Waals surface area contributed by atoms with Crippen molar-refractivity contribution >= 4 is 6.03 Å². The number of carbonyl (C=O) groups is 1. The molecular formula is C11H18N4O. The molecule has 5 nitrogen and oxygen atoms in total. The molecule has 0 aliphatic carbocycles. The minimum absolute atomic E-state index is 0.148. The Kier molecular flexibility index (Phi) is 3.96. The Labute approximate surface area is 95.7 Å². The van der Waals surface area contributed by atoms with E-state index in [1.807, 2.05) is 10.0 Å². The van der Waals surface area contributed by atoms with Gasteiger partial charge in [-0.1, -0.05) is 24.3 Å². The van der Waals surface area contributed by atoms with Gasteiger partial charge in [-0.25, -0.2) is 14.8 Å². The number of rotatable bonds is 2. The van der Waals surface area contributed by atoms with Crippen LogP contribution in [0.4, 0.5) is 4.79 Å². The molecule has 2 rings (SSSR count). The Morgan fingerprint density at radius 3 is 1.75 bits per heavy atom. The molecule has 0 spiro atoms. The van der Waals surface area contributed by atoms with Crippen LogP contribution in [-0.4, -0.2) is 42.2 Å². The molecule has 0 aromatic heterocycles. The van der Waals surface area contributed by atoms with Gasteiger partial charge in [0.05, 0.1) is 0 Å². The maximum atomic E-state index is 11.6. The fourth-order valence-electron chi connectivity index (χ4n) is 1.80. The average Bonchev–Trinajstić information content (AvgIpc) is 2.31. The largest absolute Gasteiger partial charge is 0.343 e. The van der Waals surface area contributed by atoms with E-state index in [9.17, 15) is 4.79 Å². The zero-order chi connectivity index (χ0) is 11.2. The lowest BCUT2D eigenvalue weighted by molar-refractivity contribution is 0.150. The third-order valence-electron chi connectivity index (χ3n) is 2.64. The van der Waals surface area contributed by atoms with Gasteiger partial charge in [0.15, 0.2) is 0 Å². The van der Waals surface area contributed by atoms with E-state index in [0.717, 1.165) is 39.0 Å². The van der Waals surface area contributed by atoms with Crippen LogP contribution in [0.5, 0.6) is 0 Å². The van der Waals surface area contributed by atoms with E-state index in [-0.39, 0.29) is 6.03 Å². The van der Waals surface area contributed by atoms with Crippen LogP contribution < -0.4 is 10.9 Å². The quantitative estimate of drug-likeness (QED) is 0.674. The Bertz CT molecular complexity index is 272. The van der Waals surface area contributed by atoms with E-state index >= 15 is 0 Å². The summed E-state index contributed by atoms with van der Waals surface area (Å²) in [5.41, 5.74) is 5.66. The van der Waals surface area contributed by atoms with Crippen LogP contribution in [0.1, 0.15) is 12.8 Å². The number of amides is 2. The van der Waals surface area contributed by atoms with Crippen LogP contribution in [0.15, 0.2) is 24.3 Å². The van der Waals surface area contributed by atoms with Gasteiger partial charge >= 0.3 is 6.03 Å². The number of hydrogen-bond acceptors (Lipinski definition) is 3. The summed E-state index contributed by atoms with van der Waals surface area (Å²) in [7, 11) is 0. The summed E-state index contributed by atoms with van der Waals surface area (Å²) in [4.78, 5) is 11.6. The molecule has 0 atom stereocenters. The lowest BCUT2D eigenvalue weighted by Crippen LogP contribution is -2.54. The van der Waals surface area contributed by atoms with Crippen molar-refractivity contribution in [3.8, 4) is 0 Å². The first-order chi connectivity index (χ1) is 7.84. The first-order valence-electron chi connectivity index (χ1n) is 5.72. The van der Waals surface area contributed by atoms with Crippen molar-refractivity contribution in [2.24, 2.45) is 0 Å². The Morgan fingerprint density at radius 2 is 1.38 bits per heavy atom. The predicted molar refractivity (Wildman–Crippen MR) is 62.3 cm³/mol. The standard InChI is InChI=1S/C11H18N4O/c16-11(12-14-7-3-1-4-8-14)13-15-9-5-2-6-10-15/h1-3,5H,4,6-10H2,(H2,12,13,16). The van der Waals surface area contributed by atoms with E-state index in [1.54, 1.807) is 0 Å². The number of carbonyl (C=O) groups excluding carboxylic acids is 1. The molecule has 88 valence electrons. The molecular weight excluding hydrogens is 204 g/mol. The highest BCUT2D eigenvalue weighted by atomic mass is 16.2. The van der Waals surface area contributed by atoms with Crippen LogP contribution >= 0.6 is 0 Å². The second-order valence-electron chi connectivity index (χ2n) is 3.96. The smallest absolute Gasteiger partial charge is 0.269 e. The normalized spacial score (nSPS) is 22.0. The van der Waals surface area contributed by atoms with Crippen LogP contribution in [0.2, 0.25) is 0 Å². The fourth-order valence-corrected chi connectivity index (χ4v) is 1.80. The first-order valence-corrected chi connectivity index (χ1v) is 5.72. The number of hydrazine groups is 2. The van der Waals surface area contributed by atoms with Crippen molar-refractivity contribution < 1.29 is 4.79 Å². The highest BCUT2D eigenvalue weighted by molar-refractivity contribution is 5.72. The zero-order valence-corrected chi connectivity index (χ0v) is 9.35. The monoisotopic (exact) mass is 222 g/mol. The Hall–Kier alpha value is -1.33. The summed E-state index contributed by atoms with van der Waals surface area (Å²) in [6.07, 6.45) is 10.4. The van der Waals surface area contributed by atoms with E-state index in [0.29, 0.717) is 0 Å². The van der Waals surface area contributed by atoms with Gasteiger partial charge in [0.1, 0.15) is 0 Å². The highest BCUT2D eigenvalue weighted by Gasteiger charge is 2.12. The van der Waals surface area contributed by atoms with Crippen LogP contribution in [-0.2, 0) is 0 Å². The number of hydrogen-bond donors (Lipinski definition) is 2. The molecule has 0 saturated heterocycles. The van der Waals surface area contributed by atoms with Crippen LogP contribution in [0, 0.1) is 0 Å². The lowest BCUT2D eigenvalue weighted by atomic mass is 10.3. The van der Waals surface area contributed by atoms with Gasteiger partial charge in [0.25, 0.3) is 0 Å².